The molecule has 29 heavy (non-hydrogen) atoms. The van der Waals surface area contributed by atoms with Gasteiger partial charge in [0.2, 0.25) is 0 Å². The number of rotatable bonds is 6. The second kappa shape index (κ2) is 8.64. The lowest BCUT2D eigenvalue weighted by Gasteiger charge is -2.34. The fraction of sp³-hybridized carbons (Fsp3) is 0.458. The first-order valence-electron chi connectivity index (χ1n) is 10.7. The van der Waals surface area contributed by atoms with E-state index in [0.29, 0.717) is 12.1 Å². The lowest BCUT2D eigenvalue weighted by molar-refractivity contribution is 0.184. The Balaban J connectivity index is 1.38. The summed E-state index contributed by atoms with van der Waals surface area (Å²) < 4.78 is 15.8. The molecule has 4 nitrogen and oxygen atoms in total. The van der Waals surface area contributed by atoms with Gasteiger partial charge in [-0.1, -0.05) is 24.3 Å². The summed E-state index contributed by atoms with van der Waals surface area (Å²) in [5.41, 5.74) is 3.32. The Morgan fingerprint density at radius 1 is 1.07 bits per heavy atom. The van der Waals surface area contributed by atoms with E-state index in [9.17, 15) is 4.39 Å². The number of para-hydroxylation sites is 2. The molecule has 0 spiro atoms. The van der Waals surface area contributed by atoms with Crippen molar-refractivity contribution in [1.29, 1.82) is 0 Å². The third kappa shape index (κ3) is 4.51. The standard InChI is InChI=1S/C24H31FN4/c1-17(2)29-23-10-5-4-9-22(23)27-24(29)18(3)26-21-11-13-28(14-12-21)16-19-7-6-8-20(25)15-19/h4-10,15,17-18,21,26H,11-14,16H2,1-3H3/t18-/m1/s1. The summed E-state index contributed by atoms with van der Waals surface area (Å²) in [7, 11) is 0. The van der Waals surface area contributed by atoms with E-state index in [-0.39, 0.29) is 11.9 Å². The fourth-order valence-corrected chi connectivity index (χ4v) is 4.49. The van der Waals surface area contributed by atoms with Gasteiger partial charge < -0.3 is 9.88 Å². The van der Waals surface area contributed by atoms with Crippen LogP contribution >= 0.6 is 0 Å². The van der Waals surface area contributed by atoms with Gasteiger partial charge in [0.15, 0.2) is 0 Å². The summed E-state index contributed by atoms with van der Waals surface area (Å²) in [6.45, 7) is 9.54. The van der Waals surface area contributed by atoms with Gasteiger partial charge in [-0.25, -0.2) is 9.37 Å². The molecule has 0 amide bonds. The highest BCUT2D eigenvalue weighted by Crippen LogP contribution is 2.26. The molecule has 0 bridgehead atoms. The molecule has 3 aromatic rings. The molecule has 0 radical (unpaired) electrons. The summed E-state index contributed by atoms with van der Waals surface area (Å²) in [6.07, 6.45) is 2.20. The Labute approximate surface area is 172 Å². The Morgan fingerprint density at radius 3 is 2.55 bits per heavy atom. The van der Waals surface area contributed by atoms with Crippen LogP contribution in [0, 0.1) is 5.82 Å². The number of aromatic nitrogens is 2. The van der Waals surface area contributed by atoms with Crippen molar-refractivity contribution in [2.45, 2.75) is 58.3 Å². The number of fused-ring (bicyclic) bond motifs is 1. The number of nitrogens with one attached hydrogen (secondary N) is 1. The molecule has 1 fully saturated rings. The third-order valence-corrected chi connectivity index (χ3v) is 5.90. The lowest BCUT2D eigenvalue weighted by atomic mass is 10.0. The average Bonchev–Trinajstić information content (AvgIpc) is 3.09. The van der Waals surface area contributed by atoms with Gasteiger partial charge >= 0.3 is 0 Å². The van der Waals surface area contributed by atoms with Crippen molar-refractivity contribution in [2.75, 3.05) is 13.1 Å². The number of piperidine rings is 1. The molecular formula is C24H31FN4. The quantitative estimate of drug-likeness (QED) is 0.633. The van der Waals surface area contributed by atoms with E-state index < -0.39 is 0 Å². The average molecular weight is 395 g/mol. The minimum Gasteiger partial charge on any atom is -0.324 e. The summed E-state index contributed by atoms with van der Waals surface area (Å²) in [6, 6.07) is 16.4. The van der Waals surface area contributed by atoms with E-state index in [1.807, 2.05) is 6.07 Å². The molecule has 1 aromatic heterocycles. The van der Waals surface area contributed by atoms with Gasteiger partial charge in [0.1, 0.15) is 11.6 Å². The van der Waals surface area contributed by atoms with Crippen LogP contribution in [0.3, 0.4) is 0 Å². The van der Waals surface area contributed by atoms with Crippen molar-refractivity contribution < 1.29 is 4.39 Å². The number of imidazole rings is 1. The Morgan fingerprint density at radius 2 is 1.83 bits per heavy atom. The number of nitrogens with zero attached hydrogens (tertiary/aromatic N) is 3. The van der Waals surface area contributed by atoms with Crippen LogP contribution in [0.4, 0.5) is 4.39 Å². The molecule has 1 atom stereocenters. The maximum Gasteiger partial charge on any atom is 0.127 e. The predicted molar refractivity (Wildman–Crippen MR) is 116 cm³/mol. The first-order chi connectivity index (χ1) is 14.0. The largest absolute Gasteiger partial charge is 0.324 e. The number of likely N-dealkylation sites (tertiary alicyclic amines) is 1. The van der Waals surface area contributed by atoms with E-state index in [0.717, 1.165) is 49.4 Å². The third-order valence-electron chi connectivity index (χ3n) is 5.90. The molecule has 0 aliphatic carbocycles. The van der Waals surface area contributed by atoms with Crippen LogP contribution in [0.2, 0.25) is 0 Å². The Bertz CT molecular complexity index is 956. The predicted octanol–water partition coefficient (Wildman–Crippen LogP) is 5.07. The number of halogens is 1. The molecule has 0 saturated carbocycles. The number of hydrogen-bond acceptors (Lipinski definition) is 3. The highest BCUT2D eigenvalue weighted by molar-refractivity contribution is 5.76. The normalized spacial score (nSPS) is 17.3. The summed E-state index contributed by atoms with van der Waals surface area (Å²) in [5.74, 6) is 0.962. The zero-order valence-corrected chi connectivity index (χ0v) is 17.6. The van der Waals surface area contributed by atoms with Gasteiger partial charge in [-0.05, 0) is 76.5 Å². The summed E-state index contributed by atoms with van der Waals surface area (Å²) in [4.78, 5) is 7.35. The van der Waals surface area contributed by atoms with Crippen LogP contribution in [0.25, 0.3) is 11.0 Å². The minimum absolute atomic E-state index is 0.152. The topological polar surface area (TPSA) is 33.1 Å². The van der Waals surface area contributed by atoms with Crippen molar-refractivity contribution in [2.24, 2.45) is 0 Å². The SMILES string of the molecule is CC(C)n1c([C@@H](C)NC2CCN(Cc3cccc(F)c3)CC2)nc2ccccc21. The van der Waals surface area contributed by atoms with Crippen LogP contribution < -0.4 is 5.32 Å². The molecule has 2 aromatic carbocycles. The van der Waals surface area contributed by atoms with E-state index in [1.54, 1.807) is 12.1 Å². The molecule has 154 valence electrons. The van der Waals surface area contributed by atoms with E-state index in [1.165, 1.54) is 11.6 Å². The smallest absolute Gasteiger partial charge is 0.127 e. The van der Waals surface area contributed by atoms with Gasteiger partial charge in [-0.2, -0.15) is 0 Å². The first-order valence-corrected chi connectivity index (χ1v) is 10.7. The molecular weight excluding hydrogens is 363 g/mol. The van der Waals surface area contributed by atoms with Crippen LogP contribution in [0.5, 0.6) is 0 Å². The molecule has 1 aliphatic heterocycles. The first kappa shape index (κ1) is 20.0. The van der Waals surface area contributed by atoms with Crippen molar-refractivity contribution in [3.63, 3.8) is 0 Å². The zero-order valence-electron chi connectivity index (χ0n) is 17.6. The fourth-order valence-electron chi connectivity index (χ4n) is 4.49. The summed E-state index contributed by atoms with van der Waals surface area (Å²) in [5, 5.41) is 3.81. The van der Waals surface area contributed by atoms with Gasteiger partial charge in [-0.15, -0.1) is 0 Å². The van der Waals surface area contributed by atoms with Crippen LogP contribution in [-0.4, -0.2) is 33.6 Å². The molecule has 1 N–H and O–H groups in total. The highest BCUT2D eigenvalue weighted by Gasteiger charge is 2.24. The molecule has 1 saturated heterocycles. The molecule has 2 heterocycles. The second-order valence-corrected chi connectivity index (χ2v) is 8.49. The van der Waals surface area contributed by atoms with Gasteiger partial charge in [0, 0.05) is 18.6 Å². The molecule has 1 aliphatic rings. The van der Waals surface area contributed by atoms with Crippen molar-refractivity contribution in [3.05, 3.63) is 65.7 Å². The number of benzene rings is 2. The molecule has 4 rings (SSSR count). The van der Waals surface area contributed by atoms with Gasteiger partial charge in [0.25, 0.3) is 0 Å². The maximum atomic E-state index is 13.4. The molecule has 0 unspecified atom stereocenters. The lowest BCUT2D eigenvalue weighted by Crippen LogP contribution is -2.43. The van der Waals surface area contributed by atoms with Gasteiger partial charge in [0.05, 0.1) is 17.1 Å². The van der Waals surface area contributed by atoms with Gasteiger partial charge in [-0.3, -0.25) is 4.90 Å². The monoisotopic (exact) mass is 394 g/mol. The minimum atomic E-state index is -0.152. The second-order valence-electron chi connectivity index (χ2n) is 8.49. The maximum absolute atomic E-state index is 13.4. The van der Waals surface area contributed by atoms with E-state index in [2.05, 4.69) is 59.8 Å². The van der Waals surface area contributed by atoms with Crippen LogP contribution in [-0.2, 0) is 6.54 Å². The van der Waals surface area contributed by atoms with Crippen molar-refractivity contribution >= 4 is 11.0 Å². The van der Waals surface area contributed by atoms with Crippen LogP contribution in [0.1, 0.15) is 57.1 Å². The molecule has 5 heteroatoms. The van der Waals surface area contributed by atoms with Crippen molar-refractivity contribution in [1.82, 2.24) is 19.8 Å². The Hall–Kier alpha value is -2.24. The van der Waals surface area contributed by atoms with E-state index >= 15 is 0 Å². The Kier molecular flexibility index (Phi) is 5.97. The highest BCUT2D eigenvalue weighted by atomic mass is 19.1. The van der Waals surface area contributed by atoms with E-state index in [4.69, 9.17) is 4.98 Å². The zero-order chi connectivity index (χ0) is 20.4. The van der Waals surface area contributed by atoms with Crippen LogP contribution in [0.15, 0.2) is 48.5 Å². The van der Waals surface area contributed by atoms with Crippen molar-refractivity contribution in [3.8, 4) is 0 Å². The summed E-state index contributed by atoms with van der Waals surface area (Å²) >= 11 is 0. The number of hydrogen-bond donors (Lipinski definition) is 1.